The number of aromatic nitrogens is 1. The minimum Gasteiger partial charge on any atom is -0.345 e. The van der Waals surface area contributed by atoms with Crippen LogP contribution in [0.1, 0.15) is 0 Å². The normalized spacial score (nSPS) is 16.3. The van der Waals surface area contributed by atoms with Gasteiger partial charge in [0.05, 0.1) is 9.60 Å². The topological polar surface area (TPSA) is 53.5 Å². The lowest BCUT2D eigenvalue weighted by Gasteiger charge is -2.33. The summed E-state index contributed by atoms with van der Waals surface area (Å²) in [4.78, 5) is 6.61. The maximum atomic E-state index is 13.8. The van der Waals surface area contributed by atoms with Crippen molar-refractivity contribution in [3.05, 3.63) is 53.3 Å². The van der Waals surface area contributed by atoms with Gasteiger partial charge in [0.15, 0.2) is 5.13 Å². The monoisotopic (exact) mass is 411 g/mol. The Bertz CT molecular complexity index is 1050. The number of piperazine rings is 1. The van der Waals surface area contributed by atoms with E-state index < -0.39 is 10.0 Å². The van der Waals surface area contributed by atoms with E-state index in [4.69, 9.17) is 11.6 Å². The number of rotatable bonds is 3. The minimum atomic E-state index is -3.54. The van der Waals surface area contributed by atoms with Crippen LogP contribution in [0.25, 0.3) is 10.2 Å². The second-order valence-electron chi connectivity index (χ2n) is 5.93. The van der Waals surface area contributed by atoms with E-state index in [1.54, 1.807) is 18.2 Å². The van der Waals surface area contributed by atoms with Crippen LogP contribution < -0.4 is 4.90 Å². The van der Waals surface area contributed by atoms with Gasteiger partial charge in [-0.15, -0.1) is 0 Å². The molecule has 9 heteroatoms. The fraction of sp³-hybridized carbons (Fsp3) is 0.235. The third-order valence-electron chi connectivity index (χ3n) is 4.32. The van der Waals surface area contributed by atoms with Crippen molar-refractivity contribution < 1.29 is 12.8 Å². The lowest BCUT2D eigenvalue weighted by molar-refractivity contribution is 0.385. The van der Waals surface area contributed by atoms with Gasteiger partial charge in [-0.1, -0.05) is 29.0 Å². The summed E-state index contributed by atoms with van der Waals surface area (Å²) in [6, 6.07) is 11.1. The first-order valence-electron chi connectivity index (χ1n) is 8.01. The van der Waals surface area contributed by atoms with Crippen molar-refractivity contribution in [2.45, 2.75) is 4.90 Å². The number of para-hydroxylation sites is 1. The van der Waals surface area contributed by atoms with E-state index in [0.717, 1.165) is 4.70 Å². The van der Waals surface area contributed by atoms with Crippen molar-refractivity contribution in [2.24, 2.45) is 0 Å². The van der Waals surface area contributed by atoms with E-state index in [1.807, 2.05) is 11.0 Å². The number of anilines is 1. The van der Waals surface area contributed by atoms with Crippen molar-refractivity contribution in [3.63, 3.8) is 0 Å². The summed E-state index contributed by atoms with van der Waals surface area (Å²) in [5, 5.41) is 1.21. The highest BCUT2D eigenvalue weighted by atomic mass is 35.5. The van der Waals surface area contributed by atoms with E-state index in [2.05, 4.69) is 4.98 Å². The SMILES string of the molecule is O=S(=O)(c1ccc(Cl)cc1)N1CCN(c2nc3c(F)cccc3s2)CC1. The molecule has 1 aromatic heterocycles. The van der Waals surface area contributed by atoms with Crippen LogP contribution >= 0.6 is 22.9 Å². The summed E-state index contributed by atoms with van der Waals surface area (Å²) in [6.45, 7) is 1.72. The van der Waals surface area contributed by atoms with Crippen molar-refractivity contribution in [3.8, 4) is 0 Å². The zero-order chi connectivity index (χ0) is 18.3. The summed E-state index contributed by atoms with van der Waals surface area (Å²) in [5.74, 6) is -0.339. The quantitative estimate of drug-likeness (QED) is 0.660. The lowest BCUT2D eigenvalue weighted by Crippen LogP contribution is -2.48. The predicted molar refractivity (Wildman–Crippen MR) is 102 cm³/mol. The molecule has 0 N–H and O–H groups in total. The molecule has 136 valence electrons. The highest BCUT2D eigenvalue weighted by Gasteiger charge is 2.29. The highest BCUT2D eigenvalue weighted by molar-refractivity contribution is 7.89. The van der Waals surface area contributed by atoms with Gasteiger partial charge in [-0.3, -0.25) is 0 Å². The summed E-state index contributed by atoms with van der Waals surface area (Å²) in [5.41, 5.74) is 0.365. The van der Waals surface area contributed by atoms with Crippen molar-refractivity contribution in [1.82, 2.24) is 9.29 Å². The average molecular weight is 412 g/mol. The molecule has 2 heterocycles. The summed E-state index contributed by atoms with van der Waals surface area (Å²) < 4.78 is 41.5. The molecule has 0 saturated carbocycles. The summed E-state index contributed by atoms with van der Waals surface area (Å²) in [6.07, 6.45) is 0. The van der Waals surface area contributed by atoms with Gasteiger partial charge >= 0.3 is 0 Å². The van der Waals surface area contributed by atoms with Gasteiger partial charge in [-0.25, -0.2) is 17.8 Å². The number of nitrogens with zero attached hydrogens (tertiary/aromatic N) is 3. The second-order valence-corrected chi connectivity index (χ2v) is 9.31. The van der Waals surface area contributed by atoms with Crippen LogP contribution in [0.2, 0.25) is 5.02 Å². The van der Waals surface area contributed by atoms with E-state index in [0.29, 0.717) is 41.8 Å². The number of benzene rings is 2. The molecule has 1 aliphatic rings. The lowest BCUT2D eigenvalue weighted by atomic mass is 10.3. The molecule has 3 aromatic rings. The number of fused-ring (bicyclic) bond motifs is 1. The number of sulfonamides is 1. The molecule has 0 aliphatic carbocycles. The number of thiazole rings is 1. The summed E-state index contributed by atoms with van der Waals surface area (Å²) in [7, 11) is -3.54. The molecule has 0 unspecified atom stereocenters. The smallest absolute Gasteiger partial charge is 0.243 e. The van der Waals surface area contributed by atoms with E-state index in [-0.39, 0.29) is 10.7 Å². The molecule has 0 amide bonds. The zero-order valence-electron chi connectivity index (χ0n) is 13.6. The Balaban J connectivity index is 1.51. The van der Waals surface area contributed by atoms with Crippen LogP contribution in [0.15, 0.2) is 47.4 Å². The van der Waals surface area contributed by atoms with Gasteiger partial charge in [0.2, 0.25) is 10.0 Å². The maximum absolute atomic E-state index is 13.8. The molecular formula is C17H15ClFN3O2S2. The standard InChI is InChI=1S/C17H15ClFN3O2S2/c18-12-4-6-13(7-5-12)26(23,24)22-10-8-21(9-11-22)17-20-16-14(19)2-1-3-15(16)25-17/h1-7H,8-11H2. The number of halogens is 2. The minimum absolute atomic E-state index is 0.234. The fourth-order valence-corrected chi connectivity index (χ4v) is 5.49. The van der Waals surface area contributed by atoms with Gasteiger partial charge in [0.25, 0.3) is 0 Å². The van der Waals surface area contributed by atoms with Crippen molar-refractivity contribution >= 4 is 48.3 Å². The number of hydrogen-bond donors (Lipinski definition) is 0. The van der Waals surface area contributed by atoms with Gasteiger partial charge in [0, 0.05) is 31.2 Å². The molecule has 0 radical (unpaired) electrons. The third kappa shape index (κ3) is 3.18. The zero-order valence-corrected chi connectivity index (χ0v) is 16.0. The second kappa shape index (κ2) is 6.77. The van der Waals surface area contributed by atoms with E-state index >= 15 is 0 Å². The molecule has 1 fully saturated rings. The molecule has 26 heavy (non-hydrogen) atoms. The molecule has 0 atom stereocenters. The Morgan fingerprint density at radius 3 is 2.38 bits per heavy atom. The van der Waals surface area contributed by atoms with Gasteiger partial charge in [0.1, 0.15) is 11.3 Å². The molecule has 4 rings (SSSR count). The van der Waals surface area contributed by atoms with Crippen LogP contribution in [0.5, 0.6) is 0 Å². The van der Waals surface area contributed by atoms with Gasteiger partial charge in [-0.05, 0) is 36.4 Å². The Kier molecular flexibility index (Phi) is 4.60. The molecule has 1 saturated heterocycles. The van der Waals surface area contributed by atoms with Crippen LogP contribution in [0.3, 0.4) is 0 Å². The van der Waals surface area contributed by atoms with E-state index in [9.17, 15) is 12.8 Å². The molecule has 1 aliphatic heterocycles. The molecule has 0 bridgehead atoms. The average Bonchev–Trinajstić information content (AvgIpc) is 3.08. The van der Waals surface area contributed by atoms with Crippen molar-refractivity contribution in [2.75, 3.05) is 31.1 Å². The first kappa shape index (κ1) is 17.7. The van der Waals surface area contributed by atoms with Crippen LogP contribution in [-0.4, -0.2) is 43.9 Å². The van der Waals surface area contributed by atoms with Crippen molar-refractivity contribution in [1.29, 1.82) is 0 Å². The third-order valence-corrected chi connectivity index (χ3v) is 7.57. The van der Waals surface area contributed by atoms with Crippen LogP contribution in [-0.2, 0) is 10.0 Å². The van der Waals surface area contributed by atoms with E-state index in [1.165, 1.54) is 33.8 Å². The Hall–Kier alpha value is -1.74. The molecule has 5 nitrogen and oxygen atoms in total. The Labute approximate surface area is 159 Å². The van der Waals surface area contributed by atoms with Crippen LogP contribution in [0, 0.1) is 5.82 Å². The summed E-state index contributed by atoms with van der Waals surface area (Å²) >= 11 is 7.25. The fourth-order valence-electron chi connectivity index (χ4n) is 2.91. The Morgan fingerprint density at radius 2 is 1.73 bits per heavy atom. The first-order chi connectivity index (χ1) is 12.4. The Morgan fingerprint density at radius 1 is 1.04 bits per heavy atom. The highest BCUT2D eigenvalue weighted by Crippen LogP contribution is 2.31. The largest absolute Gasteiger partial charge is 0.345 e. The predicted octanol–water partition coefficient (Wildman–Crippen LogP) is 3.60. The van der Waals surface area contributed by atoms with Crippen LogP contribution in [0.4, 0.5) is 9.52 Å². The molecule has 2 aromatic carbocycles. The van der Waals surface area contributed by atoms with Gasteiger partial charge in [-0.2, -0.15) is 4.31 Å². The molecular weight excluding hydrogens is 397 g/mol. The number of hydrogen-bond acceptors (Lipinski definition) is 5. The first-order valence-corrected chi connectivity index (χ1v) is 10.6. The maximum Gasteiger partial charge on any atom is 0.243 e. The molecule has 0 spiro atoms. The van der Waals surface area contributed by atoms with Gasteiger partial charge < -0.3 is 4.90 Å².